The molecule has 0 atom stereocenters. The van der Waals surface area contributed by atoms with Gasteiger partial charge in [-0.1, -0.05) is 13.0 Å². The third kappa shape index (κ3) is 3.66. The Morgan fingerprint density at radius 3 is 2.67 bits per heavy atom. The minimum Gasteiger partial charge on any atom is -0.326 e. The van der Waals surface area contributed by atoms with Gasteiger partial charge in [-0.3, -0.25) is 0 Å². The largest absolute Gasteiger partial charge is 0.326 e. The van der Waals surface area contributed by atoms with Gasteiger partial charge in [-0.25, -0.2) is 20.2 Å². The van der Waals surface area contributed by atoms with E-state index < -0.39 is 0 Å². The summed E-state index contributed by atoms with van der Waals surface area (Å²) in [5, 5.41) is 0. The van der Waals surface area contributed by atoms with E-state index in [9.17, 15) is 4.39 Å². The van der Waals surface area contributed by atoms with Crippen LogP contribution in [0.25, 0.3) is 0 Å². The minimum absolute atomic E-state index is 0.272. The second-order valence-corrected chi connectivity index (χ2v) is 4.65. The molecule has 6 heteroatoms. The SMILES string of the molecule is CCCc1nc(NN)cc(N(CC)c2cccc(F)c2)n1. The number of hydrogen-bond acceptors (Lipinski definition) is 5. The molecule has 0 amide bonds. The molecular formula is C15H20FN5. The molecule has 3 N–H and O–H groups in total. The molecule has 0 fully saturated rings. The summed E-state index contributed by atoms with van der Waals surface area (Å²) in [5.41, 5.74) is 3.31. The van der Waals surface area contributed by atoms with Gasteiger partial charge in [-0.05, 0) is 31.5 Å². The third-order valence-corrected chi connectivity index (χ3v) is 3.09. The van der Waals surface area contributed by atoms with Gasteiger partial charge in [0.1, 0.15) is 23.3 Å². The standard InChI is InChI=1S/C15H20FN5/c1-3-6-13-18-14(20-17)10-15(19-13)21(4-2)12-8-5-7-11(16)9-12/h5,7-10H,3-4,6,17H2,1-2H3,(H,18,19,20). The van der Waals surface area contributed by atoms with Gasteiger partial charge in [0.05, 0.1) is 0 Å². The Hall–Kier alpha value is -2.21. The predicted molar refractivity (Wildman–Crippen MR) is 82.9 cm³/mol. The summed E-state index contributed by atoms with van der Waals surface area (Å²) in [6, 6.07) is 8.20. The molecule has 1 heterocycles. The van der Waals surface area contributed by atoms with Crippen molar-refractivity contribution in [1.82, 2.24) is 9.97 Å². The van der Waals surface area contributed by atoms with Crippen LogP contribution in [-0.2, 0) is 6.42 Å². The van der Waals surface area contributed by atoms with Crippen molar-refractivity contribution in [2.24, 2.45) is 5.84 Å². The molecule has 1 aromatic carbocycles. The Morgan fingerprint density at radius 1 is 1.24 bits per heavy atom. The highest BCUT2D eigenvalue weighted by Gasteiger charge is 2.12. The van der Waals surface area contributed by atoms with Crippen molar-refractivity contribution in [3.8, 4) is 0 Å². The average Bonchev–Trinajstić information content (AvgIpc) is 2.48. The maximum atomic E-state index is 13.4. The molecule has 5 nitrogen and oxygen atoms in total. The molecule has 1 aromatic heterocycles. The normalized spacial score (nSPS) is 10.5. The van der Waals surface area contributed by atoms with Crippen molar-refractivity contribution in [3.05, 3.63) is 42.0 Å². The summed E-state index contributed by atoms with van der Waals surface area (Å²) < 4.78 is 13.4. The topological polar surface area (TPSA) is 67.1 Å². The lowest BCUT2D eigenvalue weighted by atomic mass is 10.2. The summed E-state index contributed by atoms with van der Waals surface area (Å²) in [6.45, 7) is 4.72. The number of hydrazine groups is 1. The van der Waals surface area contributed by atoms with E-state index in [0.717, 1.165) is 24.4 Å². The molecule has 0 aliphatic rings. The quantitative estimate of drug-likeness (QED) is 0.632. The van der Waals surface area contributed by atoms with E-state index in [2.05, 4.69) is 22.3 Å². The van der Waals surface area contributed by atoms with Crippen molar-refractivity contribution in [2.75, 3.05) is 16.9 Å². The number of nitrogen functional groups attached to an aromatic ring is 1. The highest BCUT2D eigenvalue weighted by molar-refractivity contribution is 5.62. The first-order valence-corrected chi connectivity index (χ1v) is 7.05. The first kappa shape index (κ1) is 15.2. The molecule has 0 saturated carbocycles. The number of aryl methyl sites for hydroxylation is 1. The van der Waals surface area contributed by atoms with E-state index in [1.807, 2.05) is 17.9 Å². The molecule has 0 unspecified atom stereocenters. The lowest BCUT2D eigenvalue weighted by molar-refractivity contribution is 0.627. The van der Waals surface area contributed by atoms with Crippen LogP contribution in [0.15, 0.2) is 30.3 Å². The van der Waals surface area contributed by atoms with E-state index in [4.69, 9.17) is 5.84 Å². The van der Waals surface area contributed by atoms with E-state index >= 15 is 0 Å². The lowest BCUT2D eigenvalue weighted by Gasteiger charge is -2.23. The van der Waals surface area contributed by atoms with Crippen LogP contribution < -0.4 is 16.2 Å². The van der Waals surface area contributed by atoms with E-state index in [-0.39, 0.29) is 5.82 Å². The number of hydrogen-bond donors (Lipinski definition) is 2. The molecule has 0 bridgehead atoms. The third-order valence-electron chi connectivity index (χ3n) is 3.09. The van der Waals surface area contributed by atoms with Crippen LogP contribution >= 0.6 is 0 Å². The minimum atomic E-state index is -0.272. The van der Waals surface area contributed by atoms with Gasteiger partial charge in [0.2, 0.25) is 0 Å². The highest BCUT2D eigenvalue weighted by atomic mass is 19.1. The van der Waals surface area contributed by atoms with Gasteiger partial charge in [0.15, 0.2) is 0 Å². The molecule has 0 radical (unpaired) electrons. The number of benzene rings is 1. The second kappa shape index (κ2) is 6.99. The number of nitrogens with zero attached hydrogens (tertiary/aromatic N) is 3. The second-order valence-electron chi connectivity index (χ2n) is 4.65. The number of aromatic nitrogens is 2. The van der Waals surface area contributed by atoms with Crippen molar-refractivity contribution in [1.29, 1.82) is 0 Å². The van der Waals surface area contributed by atoms with Gasteiger partial charge >= 0.3 is 0 Å². The number of anilines is 3. The van der Waals surface area contributed by atoms with Crippen LogP contribution in [0.4, 0.5) is 21.7 Å². The molecule has 0 aliphatic heterocycles. The van der Waals surface area contributed by atoms with E-state index in [1.165, 1.54) is 12.1 Å². The van der Waals surface area contributed by atoms with Crippen LogP contribution in [0, 0.1) is 5.82 Å². The number of halogens is 1. The first-order chi connectivity index (χ1) is 10.2. The molecular weight excluding hydrogens is 269 g/mol. The van der Waals surface area contributed by atoms with Crippen LogP contribution in [0.5, 0.6) is 0 Å². The maximum Gasteiger partial charge on any atom is 0.145 e. The molecule has 0 spiro atoms. The van der Waals surface area contributed by atoms with Crippen molar-refractivity contribution in [2.45, 2.75) is 26.7 Å². The fourth-order valence-electron chi connectivity index (χ4n) is 2.15. The Balaban J connectivity index is 2.43. The van der Waals surface area contributed by atoms with Crippen LogP contribution in [-0.4, -0.2) is 16.5 Å². The van der Waals surface area contributed by atoms with Crippen LogP contribution in [0.3, 0.4) is 0 Å². The van der Waals surface area contributed by atoms with Crippen molar-refractivity contribution < 1.29 is 4.39 Å². The number of rotatable bonds is 6. The Morgan fingerprint density at radius 2 is 2.05 bits per heavy atom. The average molecular weight is 289 g/mol. The number of nitrogens with one attached hydrogen (secondary N) is 1. The Kier molecular flexibility index (Phi) is 5.05. The van der Waals surface area contributed by atoms with Crippen molar-refractivity contribution in [3.63, 3.8) is 0 Å². The molecule has 0 aliphatic carbocycles. The molecule has 0 saturated heterocycles. The highest BCUT2D eigenvalue weighted by Crippen LogP contribution is 2.25. The summed E-state index contributed by atoms with van der Waals surface area (Å²) in [6.07, 6.45) is 1.71. The van der Waals surface area contributed by atoms with Gasteiger partial charge < -0.3 is 10.3 Å². The fraction of sp³-hybridized carbons (Fsp3) is 0.333. The molecule has 21 heavy (non-hydrogen) atoms. The molecule has 2 rings (SSSR count). The fourth-order valence-corrected chi connectivity index (χ4v) is 2.15. The van der Waals surface area contributed by atoms with Crippen LogP contribution in [0.2, 0.25) is 0 Å². The van der Waals surface area contributed by atoms with Crippen molar-refractivity contribution >= 4 is 17.3 Å². The zero-order chi connectivity index (χ0) is 15.2. The maximum absolute atomic E-state index is 13.4. The smallest absolute Gasteiger partial charge is 0.145 e. The monoisotopic (exact) mass is 289 g/mol. The summed E-state index contributed by atoms with van der Waals surface area (Å²) in [5.74, 6) is 7.17. The molecule has 112 valence electrons. The Bertz CT molecular complexity index is 602. The zero-order valence-electron chi connectivity index (χ0n) is 12.3. The Labute approximate surface area is 124 Å². The zero-order valence-corrected chi connectivity index (χ0v) is 12.3. The summed E-state index contributed by atoms with van der Waals surface area (Å²) in [7, 11) is 0. The summed E-state index contributed by atoms with van der Waals surface area (Å²) in [4.78, 5) is 10.8. The van der Waals surface area contributed by atoms with E-state index in [0.29, 0.717) is 18.2 Å². The van der Waals surface area contributed by atoms with E-state index in [1.54, 1.807) is 12.1 Å². The predicted octanol–water partition coefficient (Wildman–Crippen LogP) is 3.01. The van der Waals surface area contributed by atoms with Gasteiger partial charge in [0, 0.05) is 24.7 Å². The van der Waals surface area contributed by atoms with Gasteiger partial charge in [-0.2, -0.15) is 0 Å². The molecule has 2 aromatic rings. The lowest BCUT2D eigenvalue weighted by Crippen LogP contribution is -2.20. The van der Waals surface area contributed by atoms with Crippen LogP contribution in [0.1, 0.15) is 26.1 Å². The first-order valence-electron chi connectivity index (χ1n) is 7.05. The summed E-state index contributed by atoms with van der Waals surface area (Å²) >= 11 is 0. The van der Waals surface area contributed by atoms with Gasteiger partial charge in [0.25, 0.3) is 0 Å². The number of nitrogens with two attached hydrogens (primary N) is 1. The van der Waals surface area contributed by atoms with Gasteiger partial charge in [-0.15, -0.1) is 0 Å².